The van der Waals surface area contributed by atoms with Gasteiger partial charge >= 0.3 is 6.03 Å². The number of likely N-dealkylation sites (N-methyl/N-ethyl adjacent to an activating group) is 1. The van der Waals surface area contributed by atoms with Gasteiger partial charge in [-0.1, -0.05) is 71.4 Å². The molecule has 2 heterocycles. The van der Waals surface area contributed by atoms with Gasteiger partial charge in [-0.25, -0.2) is 4.79 Å². The topological polar surface area (TPSA) is 150 Å². The molecule has 1 aromatic carbocycles. The molecule has 3 unspecified atom stereocenters. The Hall–Kier alpha value is -3.26. The molecule has 0 aliphatic carbocycles. The van der Waals surface area contributed by atoms with Crippen molar-refractivity contribution >= 4 is 23.8 Å². The molecule has 2 aliphatic heterocycles. The van der Waals surface area contributed by atoms with Gasteiger partial charge < -0.3 is 44.7 Å². The highest BCUT2D eigenvalue weighted by Crippen LogP contribution is 2.30. The second-order valence-electron chi connectivity index (χ2n) is 15.5. The van der Waals surface area contributed by atoms with Gasteiger partial charge in [0, 0.05) is 40.9 Å². The van der Waals surface area contributed by atoms with Gasteiger partial charge in [-0.05, 0) is 50.5 Å². The summed E-state index contributed by atoms with van der Waals surface area (Å²) in [5.74, 6) is -1.43. The fourth-order valence-corrected chi connectivity index (χ4v) is 8.00. The van der Waals surface area contributed by atoms with Crippen LogP contribution in [0.3, 0.4) is 0 Å². The van der Waals surface area contributed by atoms with Crippen LogP contribution in [0.1, 0.15) is 79.7 Å². The van der Waals surface area contributed by atoms with Crippen LogP contribution in [-0.4, -0.2) is 140 Å². The first-order valence-corrected chi connectivity index (χ1v) is 19.4. The lowest BCUT2D eigenvalue weighted by Gasteiger charge is -2.41. The van der Waals surface area contributed by atoms with E-state index in [1.807, 2.05) is 71.9 Å². The van der Waals surface area contributed by atoms with E-state index in [1.165, 1.54) is 0 Å². The van der Waals surface area contributed by atoms with E-state index in [4.69, 9.17) is 14.2 Å². The highest BCUT2D eigenvalue weighted by atomic mass is 16.5. The summed E-state index contributed by atoms with van der Waals surface area (Å²) in [5, 5.41) is 16.0. The Morgan fingerprint density at radius 3 is 2.19 bits per heavy atom. The molecule has 13 heteroatoms. The summed E-state index contributed by atoms with van der Waals surface area (Å²) in [6.45, 7) is 14.7. The maximum absolute atomic E-state index is 14.2. The number of urea groups is 1. The Bertz CT molecular complexity index is 1310. The number of nitrogens with zero attached hydrogens (tertiary/aromatic N) is 3. The summed E-state index contributed by atoms with van der Waals surface area (Å²) in [6, 6.07) is 7.36. The first kappa shape index (κ1) is 44.1. The van der Waals surface area contributed by atoms with Crippen molar-refractivity contribution in [3.05, 3.63) is 35.9 Å². The fourth-order valence-electron chi connectivity index (χ4n) is 8.00. The number of nitrogens with one attached hydrogen (secondary N) is 2. The van der Waals surface area contributed by atoms with Gasteiger partial charge in [0.2, 0.25) is 17.7 Å². The first-order valence-electron chi connectivity index (χ1n) is 19.4. The number of benzene rings is 1. The van der Waals surface area contributed by atoms with Gasteiger partial charge in [-0.15, -0.1) is 0 Å². The number of ether oxygens (including phenoxy) is 3. The molecule has 10 atom stereocenters. The number of likely N-dealkylation sites (tertiary alicyclic amines) is 1. The predicted molar refractivity (Wildman–Crippen MR) is 204 cm³/mol. The third kappa shape index (κ3) is 11.9. The lowest BCUT2D eigenvalue weighted by atomic mass is 9.89. The van der Waals surface area contributed by atoms with Gasteiger partial charge in [0.05, 0.1) is 61.5 Å². The minimum atomic E-state index is -0.781. The molecule has 0 aromatic heterocycles. The van der Waals surface area contributed by atoms with Crippen LogP contribution >= 0.6 is 0 Å². The van der Waals surface area contributed by atoms with Gasteiger partial charge in [-0.2, -0.15) is 0 Å². The Morgan fingerprint density at radius 1 is 1.00 bits per heavy atom. The number of methoxy groups -OCH3 is 2. The summed E-state index contributed by atoms with van der Waals surface area (Å²) >= 11 is 0. The zero-order valence-corrected chi connectivity index (χ0v) is 33.7. The van der Waals surface area contributed by atoms with Crippen molar-refractivity contribution in [2.75, 3.05) is 47.5 Å². The molecule has 300 valence electrons. The monoisotopic (exact) mass is 745 g/mol. The average molecular weight is 746 g/mol. The number of hydrogen-bond donors (Lipinski definition) is 3. The molecular weight excluding hydrogens is 678 g/mol. The summed E-state index contributed by atoms with van der Waals surface area (Å²) < 4.78 is 17.7. The second-order valence-corrected chi connectivity index (χ2v) is 15.5. The molecule has 53 heavy (non-hydrogen) atoms. The molecule has 13 nitrogen and oxygen atoms in total. The number of aliphatic hydroxyl groups is 1. The van der Waals surface area contributed by atoms with Crippen LogP contribution in [0.15, 0.2) is 30.3 Å². The first-order chi connectivity index (χ1) is 25.2. The summed E-state index contributed by atoms with van der Waals surface area (Å²) in [5.41, 5.74) is 1.01. The highest BCUT2D eigenvalue weighted by Gasteiger charge is 2.43. The molecule has 3 rings (SSSR count). The summed E-state index contributed by atoms with van der Waals surface area (Å²) in [6.07, 6.45) is 1.30. The van der Waals surface area contributed by atoms with E-state index in [-0.39, 0.29) is 66.9 Å². The Morgan fingerprint density at radius 2 is 1.64 bits per heavy atom. The normalized spacial score (nSPS) is 23.1. The van der Waals surface area contributed by atoms with Crippen molar-refractivity contribution in [1.82, 2.24) is 25.3 Å². The molecule has 2 saturated heterocycles. The molecule has 0 radical (unpaired) electrons. The zero-order chi connectivity index (χ0) is 39.4. The van der Waals surface area contributed by atoms with E-state index in [0.29, 0.717) is 32.5 Å². The molecule has 1 aromatic rings. The lowest BCUT2D eigenvalue weighted by Crippen LogP contribution is -2.60. The number of amides is 5. The van der Waals surface area contributed by atoms with Gasteiger partial charge in [0.15, 0.2) is 0 Å². The van der Waals surface area contributed by atoms with Crippen LogP contribution in [0.2, 0.25) is 0 Å². The smallest absolute Gasteiger partial charge is 0.318 e. The molecule has 5 amide bonds. The zero-order valence-electron chi connectivity index (χ0n) is 33.7. The summed E-state index contributed by atoms with van der Waals surface area (Å²) in [4.78, 5) is 60.4. The molecule has 2 aliphatic rings. The van der Waals surface area contributed by atoms with E-state index in [0.717, 1.165) is 18.4 Å². The second kappa shape index (κ2) is 21.0. The third-order valence-corrected chi connectivity index (χ3v) is 11.1. The fraction of sp³-hybridized carbons (Fsp3) is 0.750. The quantitative estimate of drug-likeness (QED) is 0.207. The molecular formula is C40H67N5O8. The SMILES string of the molecule is CC[C@H](C)[C@@H]([C@@H](CC(=O)N1CCCC1[C@H](OC)[C@@H](C)C(=O)NC(CO)Cc1ccccc1)OC)N(C)C(=O)C(NC(=O)N1C[C@@H](C)O[C@@H](C)C1)C(C)C. The molecule has 0 bridgehead atoms. The number of aliphatic hydroxyl groups excluding tert-OH is 1. The van der Waals surface area contributed by atoms with Crippen LogP contribution in [0.4, 0.5) is 4.79 Å². The number of carbonyl (C=O) groups excluding carboxylic acids is 4. The van der Waals surface area contributed by atoms with Crippen LogP contribution in [0, 0.1) is 17.8 Å². The van der Waals surface area contributed by atoms with E-state index in [9.17, 15) is 24.3 Å². The lowest BCUT2D eigenvalue weighted by molar-refractivity contribution is -0.147. The number of carbonyl (C=O) groups is 4. The van der Waals surface area contributed by atoms with Crippen LogP contribution < -0.4 is 10.6 Å². The highest BCUT2D eigenvalue weighted by molar-refractivity contribution is 5.87. The minimum Gasteiger partial charge on any atom is -0.394 e. The van der Waals surface area contributed by atoms with Gasteiger partial charge in [-0.3, -0.25) is 14.4 Å². The molecule has 3 N–H and O–H groups in total. The average Bonchev–Trinajstić information content (AvgIpc) is 3.62. The van der Waals surface area contributed by atoms with Crippen molar-refractivity contribution in [2.45, 2.75) is 129 Å². The minimum absolute atomic E-state index is 0.0219. The van der Waals surface area contributed by atoms with Gasteiger partial charge in [0.25, 0.3) is 0 Å². The Balaban J connectivity index is 1.74. The third-order valence-electron chi connectivity index (χ3n) is 11.1. The maximum Gasteiger partial charge on any atom is 0.318 e. The van der Waals surface area contributed by atoms with E-state index in [1.54, 1.807) is 42.9 Å². The summed E-state index contributed by atoms with van der Waals surface area (Å²) in [7, 11) is 4.85. The molecule has 0 spiro atoms. The van der Waals surface area contributed by atoms with Gasteiger partial charge in [0.1, 0.15) is 6.04 Å². The largest absolute Gasteiger partial charge is 0.394 e. The van der Waals surface area contributed by atoms with Crippen molar-refractivity contribution in [1.29, 1.82) is 0 Å². The molecule has 0 saturated carbocycles. The van der Waals surface area contributed by atoms with Crippen molar-refractivity contribution in [2.24, 2.45) is 17.8 Å². The number of hydrogen-bond acceptors (Lipinski definition) is 8. The van der Waals surface area contributed by atoms with Crippen LogP contribution in [-0.2, 0) is 35.0 Å². The number of morpholine rings is 1. The van der Waals surface area contributed by atoms with Crippen molar-refractivity contribution < 1.29 is 38.5 Å². The Kier molecular flexibility index (Phi) is 17.5. The van der Waals surface area contributed by atoms with Crippen LogP contribution in [0.25, 0.3) is 0 Å². The van der Waals surface area contributed by atoms with Crippen molar-refractivity contribution in [3.63, 3.8) is 0 Å². The van der Waals surface area contributed by atoms with Crippen molar-refractivity contribution in [3.8, 4) is 0 Å². The number of rotatable bonds is 18. The standard InChI is InChI=1S/C40H67N5O8/c1-11-26(4)36(43(8)39(49)35(25(2)3)42-40(50)44-22-27(5)53-28(6)23-44)33(51-9)21-34(47)45-19-15-18-32(45)37(52-10)29(7)38(48)41-31(24-46)20-30-16-13-12-14-17-30/h12-14,16-17,25-29,31-33,35-37,46H,11,15,18-24H2,1-10H3,(H,41,48)(H,42,50)/t26-,27-,28+,29+,31?,32?,33+,35?,36-,37+/m0/s1. The predicted octanol–water partition coefficient (Wildman–Crippen LogP) is 3.47. The van der Waals surface area contributed by atoms with E-state index in [2.05, 4.69) is 10.6 Å². The van der Waals surface area contributed by atoms with E-state index >= 15 is 0 Å². The Labute approximate surface area is 317 Å². The molecule has 2 fully saturated rings. The van der Waals surface area contributed by atoms with Crippen LogP contribution in [0.5, 0.6) is 0 Å². The van der Waals surface area contributed by atoms with E-state index < -0.39 is 36.3 Å². The maximum atomic E-state index is 14.2.